The predicted molar refractivity (Wildman–Crippen MR) is 68.2 cm³/mol. The van der Waals surface area contributed by atoms with Crippen LogP contribution in [0.2, 0.25) is 0 Å². The summed E-state index contributed by atoms with van der Waals surface area (Å²) in [6.45, 7) is 0. The number of amides is 1. The van der Waals surface area contributed by atoms with Crippen molar-refractivity contribution in [2.75, 3.05) is 16.8 Å². The molecule has 0 spiro atoms. The van der Waals surface area contributed by atoms with Gasteiger partial charge in [0.15, 0.2) is 0 Å². The summed E-state index contributed by atoms with van der Waals surface area (Å²) >= 11 is 0. The Morgan fingerprint density at radius 2 is 2.00 bits per heavy atom. The van der Waals surface area contributed by atoms with Crippen LogP contribution in [0.1, 0.15) is 0 Å². The molecule has 86 valence electrons. The number of aromatic nitrogens is 1. The Morgan fingerprint density at radius 3 is 2.76 bits per heavy atom. The van der Waals surface area contributed by atoms with E-state index in [4.69, 9.17) is 11.5 Å². The van der Waals surface area contributed by atoms with Crippen LogP contribution in [0.5, 0.6) is 0 Å². The fourth-order valence-electron chi connectivity index (χ4n) is 1.56. The molecule has 1 aromatic heterocycles. The van der Waals surface area contributed by atoms with E-state index in [0.29, 0.717) is 23.5 Å². The summed E-state index contributed by atoms with van der Waals surface area (Å²) in [4.78, 5) is 14.4. The first-order chi connectivity index (χ1) is 8.20. The number of hydrogen-bond donors (Lipinski definition) is 3. The van der Waals surface area contributed by atoms with Gasteiger partial charge in [0.1, 0.15) is 0 Å². The van der Waals surface area contributed by atoms with E-state index in [1.807, 2.05) is 0 Å². The molecule has 1 amide bonds. The van der Waals surface area contributed by atoms with Crippen LogP contribution < -0.4 is 16.8 Å². The minimum atomic E-state index is 0.601. The molecule has 2 aromatic rings. The zero-order chi connectivity index (χ0) is 12.3. The Morgan fingerprint density at radius 1 is 1.18 bits per heavy atom. The van der Waals surface area contributed by atoms with Crippen LogP contribution in [0, 0.1) is 0 Å². The van der Waals surface area contributed by atoms with Gasteiger partial charge in [-0.1, -0.05) is 0 Å². The highest BCUT2D eigenvalue weighted by molar-refractivity contribution is 5.81. The zero-order valence-electron chi connectivity index (χ0n) is 9.05. The fraction of sp³-hybridized carbons (Fsp3) is 0. The lowest BCUT2D eigenvalue weighted by molar-refractivity contribution is -0.105. The van der Waals surface area contributed by atoms with Crippen molar-refractivity contribution in [2.24, 2.45) is 0 Å². The Balaban J connectivity index is 2.48. The van der Waals surface area contributed by atoms with Crippen LogP contribution in [0.25, 0.3) is 11.1 Å². The van der Waals surface area contributed by atoms with Crippen LogP contribution in [0.15, 0.2) is 36.7 Å². The van der Waals surface area contributed by atoms with E-state index < -0.39 is 0 Å². The van der Waals surface area contributed by atoms with E-state index in [9.17, 15) is 4.79 Å². The summed E-state index contributed by atoms with van der Waals surface area (Å²) < 4.78 is 0. The molecule has 0 bridgehead atoms. The molecule has 0 atom stereocenters. The van der Waals surface area contributed by atoms with Gasteiger partial charge in [-0.05, 0) is 24.3 Å². The van der Waals surface area contributed by atoms with Crippen LogP contribution >= 0.6 is 0 Å². The summed E-state index contributed by atoms with van der Waals surface area (Å²) in [6, 6.07) is 7.04. The highest BCUT2D eigenvalue weighted by Gasteiger charge is 2.04. The maximum atomic E-state index is 10.4. The summed E-state index contributed by atoms with van der Waals surface area (Å²) in [7, 11) is 0. The van der Waals surface area contributed by atoms with Crippen molar-refractivity contribution in [2.45, 2.75) is 0 Å². The third kappa shape index (κ3) is 2.34. The SMILES string of the molecule is Nc1ccc(N)c(-c2cncc(NC=O)c2)c1. The van der Waals surface area contributed by atoms with Crippen LogP contribution in [0.3, 0.4) is 0 Å². The van der Waals surface area contributed by atoms with Gasteiger partial charge in [-0.3, -0.25) is 9.78 Å². The van der Waals surface area contributed by atoms with E-state index in [1.165, 1.54) is 0 Å². The van der Waals surface area contributed by atoms with Crippen molar-refractivity contribution in [3.8, 4) is 11.1 Å². The van der Waals surface area contributed by atoms with Crippen molar-refractivity contribution in [1.29, 1.82) is 0 Å². The molecule has 1 heterocycles. The molecule has 2 rings (SSSR count). The van der Waals surface area contributed by atoms with Crippen LogP contribution in [0.4, 0.5) is 17.1 Å². The standard InChI is InChI=1S/C12H12N4O/c13-9-1-2-12(14)11(4-9)8-3-10(16-7-17)6-15-5-8/h1-7H,13-14H2,(H,16,17). The van der Waals surface area contributed by atoms with Crippen molar-refractivity contribution in [3.63, 3.8) is 0 Å². The number of nitrogen functional groups attached to an aromatic ring is 2. The molecular formula is C12H12N4O. The normalized spacial score (nSPS) is 9.88. The zero-order valence-corrected chi connectivity index (χ0v) is 9.05. The van der Waals surface area contributed by atoms with Gasteiger partial charge in [-0.15, -0.1) is 0 Å². The molecule has 0 aliphatic heterocycles. The first-order valence-corrected chi connectivity index (χ1v) is 5.01. The summed E-state index contributed by atoms with van der Waals surface area (Å²) in [5, 5.41) is 2.54. The average molecular weight is 228 g/mol. The molecule has 5 heteroatoms. The first-order valence-electron chi connectivity index (χ1n) is 5.01. The molecule has 0 saturated heterocycles. The number of pyridine rings is 1. The maximum Gasteiger partial charge on any atom is 0.211 e. The number of benzene rings is 1. The second-order valence-corrected chi connectivity index (χ2v) is 3.57. The van der Waals surface area contributed by atoms with E-state index in [-0.39, 0.29) is 0 Å². The number of hydrogen-bond acceptors (Lipinski definition) is 4. The van der Waals surface area contributed by atoms with E-state index in [2.05, 4.69) is 10.3 Å². The van der Waals surface area contributed by atoms with Crippen LogP contribution in [-0.2, 0) is 4.79 Å². The minimum Gasteiger partial charge on any atom is -0.399 e. The molecule has 0 unspecified atom stereocenters. The molecular weight excluding hydrogens is 216 g/mol. The Kier molecular flexibility index (Phi) is 2.91. The predicted octanol–water partition coefficient (Wildman–Crippen LogP) is 1.48. The topological polar surface area (TPSA) is 94.0 Å². The van der Waals surface area contributed by atoms with E-state index in [0.717, 1.165) is 11.1 Å². The number of rotatable bonds is 3. The number of carbonyl (C=O) groups excluding carboxylic acids is 1. The van der Waals surface area contributed by atoms with Gasteiger partial charge in [0, 0.05) is 28.7 Å². The third-order valence-corrected chi connectivity index (χ3v) is 2.35. The van der Waals surface area contributed by atoms with E-state index >= 15 is 0 Å². The van der Waals surface area contributed by atoms with Crippen molar-refractivity contribution in [1.82, 2.24) is 4.98 Å². The maximum absolute atomic E-state index is 10.4. The molecule has 0 aliphatic rings. The van der Waals surface area contributed by atoms with Gasteiger partial charge >= 0.3 is 0 Å². The number of nitrogens with two attached hydrogens (primary N) is 2. The highest BCUT2D eigenvalue weighted by Crippen LogP contribution is 2.28. The summed E-state index contributed by atoms with van der Waals surface area (Å²) in [5.41, 5.74) is 15.0. The number of nitrogens with one attached hydrogen (secondary N) is 1. The van der Waals surface area contributed by atoms with Gasteiger partial charge in [0.2, 0.25) is 6.41 Å². The lowest BCUT2D eigenvalue weighted by atomic mass is 10.0. The molecule has 1 aromatic carbocycles. The molecule has 17 heavy (non-hydrogen) atoms. The van der Waals surface area contributed by atoms with Gasteiger partial charge in [-0.2, -0.15) is 0 Å². The first kappa shape index (κ1) is 10.9. The van der Waals surface area contributed by atoms with Gasteiger partial charge in [-0.25, -0.2) is 0 Å². The van der Waals surface area contributed by atoms with Crippen molar-refractivity contribution >= 4 is 23.5 Å². The number of anilines is 3. The lowest BCUT2D eigenvalue weighted by Gasteiger charge is -2.08. The number of nitrogens with zero attached hydrogens (tertiary/aromatic N) is 1. The molecule has 5 N–H and O–H groups in total. The third-order valence-electron chi connectivity index (χ3n) is 2.35. The van der Waals surface area contributed by atoms with Crippen molar-refractivity contribution in [3.05, 3.63) is 36.7 Å². The molecule has 5 nitrogen and oxygen atoms in total. The van der Waals surface area contributed by atoms with Crippen molar-refractivity contribution < 1.29 is 4.79 Å². The largest absolute Gasteiger partial charge is 0.399 e. The Hall–Kier alpha value is -2.56. The molecule has 0 radical (unpaired) electrons. The molecule has 0 saturated carbocycles. The quantitative estimate of drug-likeness (QED) is 0.548. The Labute approximate surface area is 98.5 Å². The second kappa shape index (κ2) is 4.52. The van der Waals surface area contributed by atoms with Gasteiger partial charge < -0.3 is 16.8 Å². The minimum absolute atomic E-state index is 0.601. The molecule has 0 fully saturated rings. The van der Waals surface area contributed by atoms with E-state index in [1.54, 1.807) is 36.7 Å². The van der Waals surface area contributed by atoms with Gasteiger partial charge in [0.25, 0.3) is 0 Å². The summed E-state index contributed by atoms with van der Waals surface area (Å²) in [6.07, 6.45) is 3.82. The number of carbonyl (C=O) groups is 1. The summed E-state index contributed by atoms with van der Waals surface area (Å²) in [5.74, 6) is 0. The Bertz CT molecular complexity index is 554. The van der Waals surface area contributed by atoms with Gasteiger partial charge in [0.05, 0.1) is 11.9 Å². The van der Waals surface area contributed by atoms with Crippen LogP contribution in [-0.4, -0.2) is 11.4 Å². The fourth-order valence-corrected chi connectivity index (χ4v) is 1.56. The lowest BCUT2D eigenvalue weighted by Crippen LogP contribution is -1.96. The smallest absolute Gasteiger partial charge is 0.211 e. The second-order valence-electron chi connectivity index (χ2n) is 3.57. The highest BCUT2D eigenvalue weighted by atomic mass is 16.1. The monoisotopic (exact) mass is 228 g/mol. The molecule has 0 aliphatic carbocycles. The average Bonchev–Trinajstić information content (AvgIpc) is 2.33.